The summed E-state index contributed by atoms with van der Waals surface area (Å²) in [5, 5.41) is 13.9. The highest BCUT2D eigenvalue weighted by Crippen LogP contribution is 2.44. The van der Waals surface area contributed by atoms with E-state index in [1.165, 1.54) is 82.0 Å². The molecular formula is C49H33N3. The zero-order valence-corrected chi connectivity index (χ0v) is 28.4. The fraction of sp³-hybridized carbons (Fsp3) is 0.0204. The van der Waals surface area contributed by atoms with E-state index in [-0.39, 0.29) is 6.04 Å². The highest BCUT2D eigenvalue weighted by Gasteiger charge is 2.25. The van der Waals surface area contributed by atoms with Gasteiger partial charge in [0.25, 0.3) is 0 Å². The van der Waals surface area contributed by atoms with E-state index in [4.69, 9.17) is 0 Å². The standard InChI is InChI=1S/C49H33N3/c1-3-15-32(16-4-1)42-30-35(31-43(50-42)33-17-5-2-6-18-33)51-44-25-13-11-23-39(44)40-27-28-46-48(49(40)51)41-24-12-14-26-45(41)52(46)47-29-34-19-7-8-20-36(34)37-21-9-10-22-38(37)47/h1-31,42,50H. The van der Waals surface area contributed by atoms with Gasteiger partial charge in [0, 0.05) is 38.3 Å². The predicted octanol–water partition coefficient (Wildman–Crippen LogP) is 12.4. The normalized spacial score (nSPS) is 14.7. The lowest BCUT2D eigenvalue weighted by atomic mass is 9.99. The van der Waals surface area contributed by atoms with Gasteiger partial charge in [0.1, 0.15) is 0 Å². The number of nitrogens with one attached hydrogen (secondary N) is 1. The van der Waals surface area contributed by atoms with Gasteiger partial charge >= 0.3 is 0 Å². The number of nitrogens with zero attached hydrogens (tertiary/aromatic N) is 2. The molecular weight excluding hydrogens is 631 g/mol. The summed E-state index contributed by atoms with van der Waals surface area (Å²) in [6.45, 7) is 0. The van der Waals surface area contributed by atoms with Crippen molar-refractivity contribution in [3.8, 4) is 5.69 Å². The van der Waals surface area contributed by atoms with E-state index < -0.39 is 0 Å². The van der Waals surface area contributed by atoms with Gasteiger partial charge < -0.3 is 14.5 Å². The molecule has 8 aromatic carbocycles. The topological polar surface area (TPSA) is 21.9 Å². The third-order valence-electron chi connectivity index (χ3n) is 10.9. The summed E-state index contributed by atoms with van der Waals surface area (Å²) in [7, 11) is 0. The molecule has 0 aliphatic carbocycles. The van der Waals surface area contributed by atoms with Gasteiger partial charge in [-0.3, -0.25) is 0 Å². The van der Waals surface area contributed by atoms with E-state index in [0.29, 0.717) is 0 Å². The number of aromatic nitrogens is 2. The zero-order valence-electron chi connectivity index (χ0n) is 28.4. The van der Waals surface area contributed by atoms with Crippen LogP contribution in [0.4, 0.5) is 0 Å². The molecule has 11 rings (SSSR count). The molecule has 1 aliphatic heterocycles. The Bertz CT molecular complexity index is 3090. The predicted molar refractivity (Wildman–Crippen MR) is 220 cm³/mol. The lowest BCUT2D eigenvalue weighted by Gasteiger charge is -2.26. The minimum Gasteiger partial charge on any atom is -0.374 e. The summed E-state index contributed by atoms with van der Waals surface area (Å²) in [6.07, 6.45) is 4.72. The molecule has 0 spiro atoms. The fourth-order valence-corrected chi connectivity index (χ4v) is 8.64. The number of benzene rings is 8. The Kier molecular flexibility index (Phi) is 6.31. The number of hydrogen-bond donors (Lipinski definition) is 1. The first-order valence-corrected chi connectivity index (χ1v) is 18.0. The van der Waals surface area contributed by atoms with Crippen LogP contribution in [-0.4, -0.2) is 9.13 Å². The van der Waals surface area contributed by atoms with Crippen LogP contribution in [0.15, 0.2) is 188 Å². The molecule has 2 aromatic heterocycles. The Morgan fingerprint density at radius 3 is 1.85 bits per heavy atom. The van der Waals surface area contributed by atoms with Crippen molar-refractivity contribution in [1.82, 2.24) is 14.5 Å². The van der Waals surface area contributed by atoms with Crippen molar-refractivity contribution in [2.75, 3.05) is 0 Å². The summed E-state index contributed by atoms with van der Waals surface area (Å²) in [5.41, 5.74) is 10.7. The Morgan fingerprint density at radius 2 is 1.06 bits per heavy atom. The lowest BCUT2D eigenvalue weighted by molar-refractivity contribution is 0.762. The maximum Gasteiger partial charge on any atom is 0.0721 e. The van der Waals surface area contributed by atoms with Crippen LogP contribution >= 0.6 is 0 Å². The van der Waals surface area contributed by atoms with Gasteiger partial charge in [-0.2, -0.15) is 0 Å². The SMILES string of the molecule is C1=C(c2ccccc2)NC(c2ccccc2)C=C1n1c2ccccc2c2ccc3c(c4ccccc4n3-c3cc4ccccc4c4ccccc34)c21. The Balaban J connectivity index is 1.28. The van der Waals surface area contributed by atoms with Crippen molar-refractivity contribution in [2.45, 2.75) is 6.04 Å². The van der Waals surface area contributed by atoms with E-state index in [0.717, 1.165) is 11.4 Å². The summed E-state index contributed by atoms with van der Waals surface area (Å²) < 4.78 is 5.01. The molecule has 0 saturated carbocycles. The van der Waals surface area contributed by atoms with Gasteiger partial charge in [0.15, 0.2) is 0 Å². The molecule has 1 N–H and O–H groups in total. The molecule has 1 atom stereocenters. The van der Waals surface area contributed by atoms with Crippen LogP contribution < -0.4 is 5.32 Å². The average Bonchev–Trinajstić information content (AvgIpc) is 3.74. The largest absolute Gasteiger partial charge is 0.374 e. The van der Waals surface area contributed by atoms with Crippen molar-refractivity contribution in [3.05, 3.63) is 199 Å². The minimum atomic E-state index is -0.00266. The van der Waals surface area contributed by atoms with E-state index in [1.54, 1.807) is 0 Å². The molecule has 3 heterocycles. The number of dihydropyridines is 1. The summed E-state index contributed by atoms with van der Waals surface area (Å²) >= 11 is 0. The second-order valence-corrected chi connectivity index (χ2v) is 13.8. The third kappa shape index (κ3) is 4.26. The Morgan fingerprint density at radius 1 is 0.442 bits per heavy atom. The number of para-hydroxylation sites is 2. The first kappa shape index (κ1) is 28.9. The van der Waals surface area contributed by atoms with Crippen molar-refractivity contribution in [2.24, 2.45) is 0 Å². The summed E-state index contributed by atoms with van der Waals surface area (Å²) in [4.78, 5) is 0. The van der Waals surface area contributed by atoms with E-state index in [9.17, 15) is 0 Å². The van der Waals surface area contributed by atoms with Gasteiger partial charge in [0.2, 0.25) is 0 Å². The van der Waals surface area contributed by atoms with Crippen LogP contribution in [0.2, 0.25) is 0 Å². The van der Waals surface area contributed by atoms with Gasteiger partial charge in [0.05, 0.1) is 33.8 Å². The first-order valence-electron chi connectivity index (χ1n) is 18.0. The van der Waals surface area contributed by atoms with E-state index >= 15 is 0 Å². The Labute approximate surface area is 301 Å². The van der Waals surface area contributed by atoms with Crippen molar-refractivity contribution >= 4 is 76.6 Å². The second kappa shape index (κ2) is 11.3. The molecule has 3 nitrogen and oxygen atoms in total. The lowest BCUT2D eigenvalue weighted by Crippen LogP contribution is -2.22. The minimum absolute atomic E-state index is 0.00266. The smallest absolute Gasteiger partial charge is 0.0721 e. The molecule has 0 saturated heterocycles. The third-order valence-corrected chi connectivity index (χ3v) is 10.9. The van der Waals surface area contributed by atoms with Crippen LogP contribution in [0.5, 0.6) is 0 Å². The van der Waals surface area contributed by atoms with Gasteiger partial charge in [-0.05, 0) is 63.7 Å². The maximum atomic E-state index is 3.87. The number of fused-ring (bicyclic) bond motifs is 10. The monoisotopic (exact) mass is 663 g/mol. The van der Waals surface area contributed by atoms with Crippen molar-refractivity contribution in [3.63, 3.8) is 0 Å². The molecule has 0 bridgehead atoms. The molecule has 244 valence electrons. The molecule has 0 fully saturated rings. The quantitative estimate of drug-likeness (QED) is 0.186. The highest BCUT2D eigenvalue weighted by molar-refractivity contribution is 6.27. The average molecular weight is 664 g/mol. The number of rotatable bonds is 4. The first-order chi connectivity index (χ1) is 25.8. The van der Waals surface area contributed by atoms with Gasteiger partial charge in [-0.15, -0.1) is 0 Å². The zero-order chi connectivity index (χ0) is 34.2. The van der Waals surface area contributed by atoms with Crippen molar-refractivity contribution in [1.29, 1.82) is 0 Å². The van der Waals surface area contributed by atoms with Crippen LogP contribution in [-0.2, 0) is 0 Å². The molecule has 52 heavy (non-hydrogen) atoms. The van der Waals surface area contributed by atoms with Crippen LogP contribution in [0.25, 0.3) is 82.2 Å². The highest BCUT2D eigenvalue weighted by atomic mass is 15.0. The van der Waals surface area contributed by atoms with Crippen LogP contribution in [0, 0.1) is 0 Å². The van der Waals surface area contributed by atoms with Gasteiger partial charge in [-0.1, -0.05) is 152 Å². The van der Waals surface area contributed by atoms with Crippen molar-refractivity contribution < 1.29 is 0 Å². The van der Waals surface area contributed by atoms with E-state index in [1.807, 2.05) is 0 Å². The number of hydrogen-bond acceptors (Lipinski definition) is 1. The number of allylic oxidation sites excluding steroid dienone is 2. The molecule has 0 amide bonds. The van der Waals surface area contributed by atoms with Crippen LogP contribution in [0.3, 0.4) is 0 Å². The molecule has 1 aliphatic rings. The van der Waals surface area contributed by atoms with E-state index in [2.05, 4.69) is 203 Å². The second-order valence-electron chi connectivity index (χ2n) is 13.8. The molecule has 1 unspecified atom stereocenters. The molecule has 0 radical (unpaired) electrons. The maximum absolute atomic E-state index is 3.87. The van der Waals surface area contributed by atoms with Crippen LogP contribution in [0.1, 0.15) is 17.2 Å². The molecule has 10 aromatic rings. The van der Waals surface area contributed by atoms with Gasteiger partial charge in [-0.25, -0.2) is 0 Å². The summed E-state index contributed by atoms with van der Waals surface area (Å²) in [5.74, 6) is 0. The fourth-order valence-electron chi connectivity index (χ4n) is 8.64. The Hall–Kier alpha value is -6.84. The summed E-state index contributed by atoms with van der Waals surface area (Å²) in [6, 6.07) is 63.9. The molecule has 3 heteroatoms.